The van der Waals surface area contributed by atoms with Gasteiger partial charge in [-0.25, -0.2) is 4.79 Å². The Morgan fingerprint density at radius 3 is 2.47 bits per heavy atom. The molecule has 11 heteroatoms. The number of piperazine rings is 1. The molecule has 0 saturated carbocycles. The molecule has 0 spiro atoms. The lowest BCUT2D eigenvalue weighted by molar-refractivity contribution is -0.157. The van der Waals surface area contributed by atoms with Crippen molar-refractivity contribution in [2.24, 2.45) is 0 Å². The summed E-state index contributed by atoms with van der Waals surface area (Å²) in [6.07, 6.45) is 2.23. The van der Waals surface area contributed by atoms with Crippen molar-refractivity contribution < 1.29 is 18.8 Å². The highest BCUT2D eigenvalue weighted by molar-refractivity contribution is 14.1. The van der Waals surface area contributed by atoms with Crippen molar-refractivity contribution in [1.29, 1.82) is 0 Å². The molecule has 2 aliphatic rings. The van der Waals surface area contributed by atoms with Gasteiger partial charge < -0.3 is 19.1 Å². The molecular weight excluding hydrogens is 868 g/mol. The Morgan fingerprint density at radius 1 is 0.882 bits per heavy atom. The number of carbonyl (C=O) groups excluding carboxylic acids is 3. The molecule has 4 amide bonds. The van der Waals surface area contributed by atoms with Gasteiger partial charge in [0.05, 0.1) is 19.4 Å². The van der Waals surface area contributed by atoms with Crippen LogP contribution in [0, 0.1) is 0 Å². The molecule has 4 aromatic carbocycles. The zero-order valence-corrected chi connectivity index (χ0v) is 33.1. The Balaban J connectivity index is 1.21. The Hall–Kier alpha value is -3.69. The van der Waals surface area contributed by atoms with Crippen molar-refractivity contribution in [1.82, 2.24) is 24.7 Å². The zero-order chi connectivity index (χ0) is 35.6. The van der Waals surface area contributed by atoms with Crippen LogP contribution in [0.4, 0.5) is 4.79 Å². The Kier molecular flexibility index (Phi) is 10.9. The van der Waals surface area contributed by atoms with Gasteiger partial charge in [-0.15, -0.1) is 0 Å². The highest BCUT2D eigenvalue weighted by Gasteiger charge is 2.52. The van der Waals surface area contributed by atoms with Crippen molar-refractivity contribution in [3.8, 4) is 0 Å². The topological polar surface area (TPSA) is 80.5 Å². The molecule has 0 aliphatic carbocycles. The van der Waals surface area contributed by atoms with E-state index in [1.807, 2.05) is 66.3 Å². The van der Waals surface area contributed by atoms with Gasteiger partial charge in [0, 0.05) is 47.3 Å². The second kappa shape index (κ2) is 15.5. The quantitative estimate of drug-likeness (QED) is 0.100. The number of hydrogen-bond donors (Lipinski definition) is 0. The monoisotopic (exact) mass is 909 g/mol. The van der Waals surface area contributed by atoms with E-state index in [1.54, 1.807) is 21.1 Å². The number of benzene rings is 4. The SMILES string of the molecule is CCCN(C(=O)N(C)Cc1ccc(CI)c(CI)c1)N1CC(=O)N2[C@@H](Cc3ccc4occc4c3)C(=O)N(Cc3cccc4ccccc34)C[C@@H]21. The number of hydrogen-bond acceptors (Lipinski definition) is 5. The van der Waals surface area contributed by atoms with Crippen LogP contribution < -0.4 is 0 Å². The van der Waals surface area contributed by atoms with Crippen molar-refractivity contribution in [3.63, 3.8) is 0 Å². The van der Waals surface area contributed by atoms with Gasteiger partial charge in [0.15, 0.2) is 0 Å². The van der Waals surface area contributed by atoms with Crippen LogP contribution in [0.3, 0.4) is 0 Å². The molecule has 0 bridgehead atoms. The van der Waals surface area contributed by atoms with Crippen molar-refractivity contribution >= 4 is 84.8 Å². The summed E-state index contributed by atoms with van der Waals surface area (Å²) in [5.74, 6) is -0.238. The van der Waals surface area contributed by atoms with Crippen molar-refractivity contribution in [2.45, 2.75) is 53.9 Å². The maximum Gasteiger partial charge on any atom is 0.334 e. The van der Waals surface area contributed by atoms with Gasteiger partial charge in [-0.3, -0.25) is 14.6 Å². The van der Waals surface area contributed by atoms with Gasteiger partial charge in [-0.05, 0) is 63.2 Å². The van der Waals surface area contributed by atoms with E-state index >= 15 is 0 Å². The van der Waals surface area contributed by atoms with Gasteiger partial charge in [0.2, 0.25) is 11.8 Å². The summed E-state index contributed by atoms with van der Waals surface area (Å²) in [5.41, 5.74) is 6.43. The molecule has 264 valence electrons. The zero-order valence-electron chi connectivity index (χ0n) is 28.8. The number of halogens is 2. The minimum Gasteiger partial charge on any atom is -0.464 e. The summed E-state index contributed by atoms with van der Waals surface area (Å²) >= 11 is 4.78. The Labute approximate surface area is 325 Å². The molecule has 0 radical (unpaired) electrons. The van der Waals surface area contributed by atoms with E-state index in [9.17, 15) is 14.4 Å². The first kappa shape index (κ1) is 35.7. The minimum absolute atomic E-state index is 0.0280. The Bertz CT molecular complexity index is 2080. The van der Waals surface area contributed by atoms with Gasteiger partial charge in [-0.1, -0.05) is 119 Å². The number of nitrogens with zero attached hydrogens (tertiary/aromatic N) is 5. The standard InChI is InChI=1S/C40H41I2N5O4/c1-3-16-45(40(50)43(2)23-28-11-13-31(21-41)33(19-28)22-42)46-26-38(48)47-35(20-27-12-14-36-30(18-27)15-17-51-36)39(49)44(25-37(46)47)24-32-9-6-8-29-7-4-5-10-34(29)32/h4-15,17-19,35,37H,3,16,20-26H2,1-2H3/t35-,37+/m0/s1. The van der Waals surface area contributed by atoms with E-state index in [0.717, 1.165) is 47.3 Å². The van der Waals surface area contributed by atoms with E-state index in [1.165, 1.54) is 11.1 Å². The number of fused-ring (bicyclic) bond motifs is 3. The molecule has 2 fully saturated rings. The van der Waals surface area contributed by atoms with Crippen LogP contribution in [0.15, 0.2) is 95.6 Å². The lowest BCUT2D eigenvalue weighted by atomic mass is 9.98. The molecule has 3 heterocycles. The molecule has 51 heavy (non-hydrogen) atoms. The summed E-state index contributed by atoms with van der Waals surface area (Å²) in [5, 5.41) is 6.81. The number of rotatable bonds is 11. The van der Waals surface area contributed by atoms with E-state index in [4.69, 9.17) is 4.42 Å². The molecule has 0 N–H and O–H groups in total. The average Bonchev–Trinajstić information content (AvgIpc) is 3.75. The summed E-state index contributed by atoms with van der Waals surface area (Å²) in [6.45, 7) is 3.66. The Morgan fingerprint density at radius 2 is 1.67 bits per heavy atom. The van der Waals surface area contributed by atoms with Crippen molar-refractivity contribution in [3.05, 3.63) is 119 Å². The van der Waals surface area contributed by atoms with Gasteiger partial charge >= 0.3 is 6.03 Å². The molecule has 5 aromatic rings. The lowest BCUT2D eigenvalue weighted by Gasteiger charge is -2.47. The maximum atomic E-state index is 14.5. The normalized spacial score (nSPS) is 17.8. The molecule has 0 unspecified atom stereocenters. The van der Waals surface area contributed by atoms with E-state index in [-0.39, 0.29) is 24.4 Å². The van der Waals surface area contributed by atoms with Crippen LogP contribution in [-0.4, -0.2) is 81.5 Å². The maximum absolute atomic E-state index is 14.5. The van der Waals surface area contributed by atoms with Gasteiger partial charge in [0.1, 0.15) is 17.8 Å². The average molecular weight is 910 g/mol. The molecule has 2 atom stereocenters. The van der Waals surface area contributed by atoms with Crippen LogP contribution in [0.25, 0.3) is 21.7 Å². The summed E-state index contributed by atoms with van der Waals surface area (Å²) < 4.78 is 7.41. The smallest absolute Gasteiger partial charge is 0.334 e. The molecule has 2 aliphatic heterocycles. The number of hydrazine groups is 1. The number of carbonyl (C=O) groups is 3. The second-order valence-electron chi connectivity index (χ2n) is 13.4. The third-order valence-corrected chi connectivity index (χ3v) is 11.7. The highest BCUT2D eigenvalue weighted by atomic mass is 127. The molecular formula is C40H41I2N5O4. The van der Waals surface area contributed by atoms with Crippen LogP contribution in [-0.2, 0) is 38.0 Å². The van der Waals surface area contributed by atoms with Gasteiger partial charge in [-0.2, -0.15) is 5.01 Å². The van der Waals surface area contributed by atoms with E-state index in [2.05, 4.69) is 87.6 Å². The first-order valence-electron chi connectivity index (χ1n) is 17.3. The van der Waals surface area contributed by atoms with Crippen LogP contribution in [0.1, 0.15) is 41.2 Å². The predicted octanol–water partition coefficient (Wildman–Crippen LogP) is 7.76. The van der Waals surface area contributed by atoms with Gasteiger partial charge in [0.25, 0.3) is 0 Å². The molecule has 7 rings (SSSR count). The van der Waals surface area contributed by atoms with Crippen LogP contribution in [0.5, 0.6) is 0 Å². The lowest BCUT2D eigenvalue weighted by Crippen LogP contribution is -2.66. The molecule has 1 aromatic heterocycles. The molecule has 9 nitrogen and oxygen atoms in total. The fourth-order valence-electron chi connectivity index (χ4n) is 7.51. The summed E-state index contributed by atoms with van der Waals surface area (Å²) in [7, 11) is 1.82. The van der Waals surface area contributed by atoms with E-state index < -0.39 is 12.2 Å². The number of furan rings is 1. The second-order valence-corrected chi connectivity index (χ2v) is 14.9. The van der Waals surface area contributed by atoms with E-state index in [0.29, 0.717) is 39.0 Å². The number of urea groups is 1. The minimum atomic E-state index is -0.722. The summed E-state index contributed by atoms with van der Waals surface area (Å²) in [4.78, 5) is 48.3. The van der Waals surface area contributed by atoms with Crippen molar-refractivity contribution in [2.75, 3.05) is 26.7 Å². The van der Waals surface area contributed by atoms with Crippen LogP contribution in [0.2, 0.25) is 0 Å². The number of alkyl halides is 2. The number of amides is 4. The molecule has 2 saturated heterocycles. The first-order valence-corrected chi connectivity index (χ1v) is 20.4. The fraction of sp³-hybridized carbons (Fsp3) is 0.325. The first-order chi connectivity index (χ1) is 24.8. The fourth-order valence-corrected chi connectivity index (χ4v) is 8.96. The van der Waals surface area contributed by atoms with Crippen LogP contribution >= 0.6 is 45.2 Å². The highest BCUT2D eigenvalue weighted by Crippen LogP contribution is 2.32. The largest absolute Gasteiger partial charge is 0.464 e. The predicted molar refractivity (Wildman–Crippen MR) is 216 cm³/mol. The third-order valence-electron chi connectivity index (χ3n) is 10.0. The third kappa shape index (κ3) is 7.21. The summed E-state index contributed by atoms with van der Waals surface area (Å²) in [6, 6.07) is 27.8.